The van der Waals surface area contributed by atoms with Crippen molar-refractivity contribution in [2.75, 3.05) is 24.7 Å². The summed E-state index contributed by atoms with van der Waals surface area (Å²) in [5, 5.41) is 2.89. The molecule has 0 spiro atoms. The number of sulfonamides is 1. The number of anilines is 1. The van der Waals surface area contributed by atoms with E-state index in [9.17, 15) is 22.0 Å². The number of rotatable bonds is 6. The van der Waals surface area contributed by atoms with Crippen molar-refractivity contribution in [3.8, 4) is 33.9 Å². The average molecular weight is 610 g/mol. The van der Waals surface area contributed by atoms with E-state index in [1.54, 1.807) is 12.1 Å². The lowest BCUT2D eigenvalue weighted by Gasteiger charge is -2.21. The second kappa shape index (κ2) is 10.6. The van der Waals surface area contributed by atoms with Crippen LogP contribution in [0.2, 0.25) is 0 Å². The number of nitrogens with one attached hydrogen (secondary N) is 1. The van der Waals surface area contributed by atoms with Gasteiger partial charge in [-0.3, -0.25) is 9.10 Å². The molecule has 0 saturated heterocycles. The number of halogens is 3. The molecular formula is C31H26F3N3O5S. The van der Waals surface area contributed by atoms with Gasteiger partial charge in [-0.05, 0) is 66.9 Å². The van der Waals surface area contributed by atoms with E-state index in [2.05, 4.69) is 10.3 Å². The molecule has 1 atom stereocenters. The summed E-state index contributed by atoms with van der Waals surface area (Å²) in [5.41, 5.74) is 1.82. The largest absolute Gasteiger partial charge is 0.455 e. The summed E-state index contributed by atoms with van der Waals surface area (Å²) >= 11 is 0. The van der Waals surface area contributed by atoms with Crippen molar-refractivity contribution in [3.05, 3.63) is 83.2 Å². The van der Waals surface area contributed by atoms with E-state index in [0.717, 1.165) is 10.6 Å². The fraction of sp³-hybridized carbons (Fsp3) is 0.226. The quantitative estimate of drug-likeness (QED) is 0.227. The average Bonchev–Trinajstić information content (AvgIpc) is 3.58. The lowest BCUT2D eigenvalue weighted by atomic mass is 9.97. The first kappa shape index (κ1) is 28.5. The number of carbonyl (C=O) groups excluding carboxylic acids is 1. The second-order valence-corrected chi connectivity index (χ2v) is 12.4. The van der Waals surface area contributed by atoms with Crippen molar-refractivity contribution in [3.63, 3.8) is 0 Å². The van der Waals surface area contributed by atoms with Crippen LogP contribution in [0.4, 0.5) is 18.9 Å². The number of benzene rings is 3. The number of alkyl halides is 1. The van der Waals surface area contributed by atoms with Crippen LogP contribution in [-0.4, -0.2) is 39.7 Å². The maximum atomic E-state index is 15.2. The van der Waals surface area contributed by atoms with Gasteiger partial charge in [-0.15, -0.1) is 0 Å². The van der Waals surface area contributed by atoms with Gasteiger partial charge in [0.15, 0.2) is 0 Å². The molecule has 0 radical (unpaired) electrons. The van der Waals surface area contributed by atoms with Crippen LogP contribution < -0.4 is 9.62 Å². The van der Waals surface area contributed by atoms with Crippen LogP contribution in [0.25, 0.3) is 44.9 Å². The molecule has 0 aliphatic heterocycles. The van der Waals surface area contributed by atoms with Crippen LogP contribution in [-0.2, 0) is 16.4 Å². The van der Waals surface area contributed by atoms with Crippen LogP contribution in [0.3, 0.4) is 0 Å². The summed E-state index contributed by atoms with van der Waals surface area (Å²) in [6, 6.07) is 12.3. The van der Waals surface area contributed by atoms with Gasteiger partial charge in [0.05, 0.1) is 17.5 Å². The second-order valence-electron chi connectivity index (χ2n) is 10.4. The summed E-state index contributed by atoms with van der Waals surface area (Å²) in [6.45, 7) is 0. The normalized spacial score (nSPS) is 15.0. The van der Waals surface area contributed by atoms with Gasteiger partial charge in [0.2, 0.25) is 15.9 Å². The minimum atomic E-state index is -3.81. The van der Waals surface area contributed by atoms with Gasteiger partial charge in [0, 0.05) is 48.7 Å². The van der Waals surface area contributed by atoms with Crippen molar-refractivity contribution in [2.24, 2.45) is 0 Å². The number of oxazole rings is 1. The first-order valence-electron chi connectivity index (χ1n) is 13.4. The SMILES string of the molecule is CNC(=O)c1c(-c2ccc(F)cc2)oc2cc(N(C)S(C)(=O)=O)c(-c3cc(F)cc(-c4nc5c(o4)CCCC5F)c3)cc12. The van der Waals surface area contributed by atoms with E-state index in [0.29, 0.717) is 36.0 Å². The summed E-state index contributed by atoms with van der Waals surface area (Å²) in [5.74, 6) is -1.04. The standard InChI is InChI=1S/C31H26F3N3O5S/c1-35-30(38)27-22-14-21(17-11-18(13-20(33)12-17)31-36-28-23(34)5-4-6-25(28)42-31)24(37(2)43(3,39)40)15-26(22)41-29(27)16-7-9-19(32)10-8-16/h7-15,23H,4-6H2,1-3H3,(H,35,38). The molecule has 0 bridgehead atoms. The fourth-order valence-corrected chi connectivity index (χ4v) is 5.82. The van der Waals surface area contributed by atoms with Gasteiger partial charge < -0.3 is 14.2 Å². The van der Waals surface area contributed by atoms with Crippen LogP contribution in [0.15, 0.2) is 63.4 Å². The smallest absolute Gasteiger partial charge is 0.255 e. The van der Waals surface area contributed by atoms with E-state index < -0.39 is 33.7 Å². The number of aromatic nitrogens is 1. The molecule has 3 aromatic carbocycles. The number of furan rings is 1. The Balaban J connectivity index is 1.60. The number of aryl methyl sites for hydroxylation is 1. The Labute approximate surface area is 245 Å². The number of hydrogen-bond acceptors (Lipinski definition) is 6. The highest BCUT2D eigenvalue weighted by Gasteiger charge is 2.28. The number of carbonyl (C=O) groups is 1. The molecule has 1 aliphatic rings. The minimum Gasteiger partial charge on any atom is -0.455 e. The molecule has 1 N–H and O–H groups in total. The Morgan fingerprint density at radius 3 is 2.40 bits per heavy atom. The van der Waals surface area contributed by atoms with Gasteiger partial charge in [-0.1, -0.05) is 0 Å². The lowest BCUT2D eigenvalue weighted by Crippen LogP contribution is -2.25. The molecule has 8 nitrogen and oxygen atoms in total. The number of amides is 1. The third-order valence-corrected chi connectivity index (χ3v) is 8.74. The van der Waals surface area contributed by atoms with Crippen LogP contribution in [0.1, 0.15) is 40.8 Å². The van der Waals surface area contributed by atoms with Crippen molar-refractivity contribution < 1.29 is 35.2 Å². The number of nitrogens with zero attached hydrogens (tertiary/aromatic N) is 2. The zero-order valence-electron chi connectivity index (χ0n) is 23.4. The first-order chi connectivity index (χ1) is 20.4. The Kier molecular flexibility index (Phi) is 7.04. The Bertz CT molecular complexity index is 2000. The molecule has 0 fully saturated rings. The molecule has 12 heteroatoms. The predicted octanol–water partition coefficient (Wildman–Crippen LogP) is 6.80. The number of fused-ring (bicyclic) bond motifs is 2. The molecule has 0 saturated carbocycles. The van der Waals surface area contributed by atoms with Crippen LogP contribution in [0, 0.1) is 11.6 Å². The number of hydrogen-bond donors (Lipinski definition) is 1. The molecule has 1 aliphatic carbocycles. The summed E-state index contributed by atoms with van der Waals surface area (Å²) in [7, 11) is -1.03. The van der Waals surface area contributed by atoms with E-state index in [1.165, 1.54) is 56.6 Å². The van der Waals surface area contributed by atoms with Gasteiger partial charge >= 0.3 is 0 Å². The van der Waals surface area contributed by atoms with Crippen LogP contribution >= 0.6 is 0 Å². The van der Waals surface area contributed by atoms with Crippen molar-refractivity contribution >= 4 is 32.6 Å². The van der Waals surface area contributed by atoms with E-state index >= 15 is 4.39 Å². The summed E-state index contributed by atoms with van der Waals surface area (Å²) < 4.78 is 81.6. The van der Waals surface area contributed by atoms with E-state index in [1.807, 2.05) is 0 Å². The zero-order valence-corrected chi connectivity index (χ0v) is 24.2. The zero-order chi connectivity index (χ0) is 30.6. The van der Waals surface area contributed by atoms with Gasteiger partial charge in [-0.2, -0.15) is 0 Å². The topological polar surface area (TPSA) is 106 Å². The monoisotopic (exact) mass is 609 g/mol. The maximum absolute atomic E-state index is 15.2. The highest BCUT2D eigenvalue weighted by Crippen LogP contribution is 2.43. The third-order valence-electron chi connectivity index (χ3n) is 7.54. The van der Waals surface area contributed by atoms with Crippen molar-refractivity contribution in [2.45, 2.75) is 25.4 Å². The molecular weight excluding hydrogens is 583 g/mol. The first-order valence-corrected chi connectivity index (χ1v) is 15.3. The fourth-order valence-electron chi connectivity index (χ4n) is 5.32. The Hall–Kier alpha value is -4.58. The Morgan fingerprint density at radius 1 is 1.00 bits per heavy atom. The summed E-state index contributed by atoms with van der Waals surface area (Å²) in [4.78, 5) is 17.4. The molecule has 43 heavy (non-hydrogen) atoms. The highest BCUT2D eigenvalue weighted by atomic mass is 32.2. The van der Waals surface area contributed by atoms with Crippen molar-refractivity contribution in [1.29, 1.82) is 0 Å². The lowest BCUT2D eigenvalue weighted by molar-refractivity contribution is 0.0964. The summed E-state index contributed by atoms with van der Waals surface area (Å²) in [6.07, 6.45) is 1.20. The molecule has 2 aromatic heterocycles. The molecule has 1 amide bonds. The molecule has 222 valence electrons. The molecule has 6 rings (SSSR count). The maximum Gasteiger partial charge on any atom is 0.255 e. The minimum absolute atomic E-state index is 0.0438. The van der Waals surface area contributed by atoms with Gasteiger partial charge in [0.1, 0.15) is 40.6 Å². The van der Waals surface area contributed by atoms with E-state index in [4.69, 9.17) is 8.83 Å². The molecule has 5 aromatic rings. The van der Waals surface area contributed by atoms with Gasteiger partial charge in [0.25, 0.3) is 5.91 Å². The Morgan fingerprint density at radius 2 is 1.72 bits per heavy atom. The van der Waals surface area contributed by atoms with E-state index in [-0.39, 0.29) is 50.9 Å². The predicted molar refractivity (Wildman–Crippen MR) is 156 cm³/mol. The molecule has 1 unspecified atom stereocenters. The molecule has 2 heterocycles. The van der Waals surface area contributed by atoms with Crippen LogP contribution in [0.5, 0.6) is 0 Å². The third kappa shape index (κ3) is 5.16. The highest BCUT2D eigenvalue weighted by molar-refractivity contribution is 7.92. The van der Waals surface area contributed by atoms with Crippen molar-refractivity contribution in [1.82, 2.24) is 10.3 Å². The van der Waals surface area contributed by atoms with Gasteiger partial charge in [-0.25, -0.2) is 26.6 Å².